The lowest BCUT2D eigenvalue weighted by Crippen LogP contribution is -2.47. The summed E-state index contributed by atoms with van der Waals surface area (Å²) in [4.78, 5) is 0. The molecule has 2 atom stereocenters. The third-order valence-electron chi connectivity index (χ3n) is 3.86. The van der Waals surface area contributed by atoms with Gasteiger partial charge < -0.3 is 10.1 Å². The molecule has 2 aliphatic carbocycles. The molecular weight excluding hydrogens is 224 g/mol. The van der Waals surface area contributed by atoms with Gasteiger partial charge in [0.2, 0.25) is 0 Å². The van der Waals surface area contributed by atoms with Gasteiger partial charge in [-0.25, -0.2) is 8.78 Å². The van der Waals surface area contributed by atoms with Crippen molar-refractivity contribution in [2.24, 2.45) is 5.92 Å². The van der Waals surface area contributed by atoms with Gasteiger partial charge in [0, 0.05) is 12.6 Å². The van der Waals surface area contributed by atoms with Gasteiger partial charge in [0.25, 0.3) is 6.43 Å². The summed E-state index contributed by atoms with van der Waals surface area (Å²) in [6, 6.07) is 0.610. The summed E-state index contributed by atoms with van der Waals surface area (Å²) in [5, 5.41) is 3.44. The summed E-state index contributed by atoms with van der Waals surface area (Å²) in [6.45, 7) is 2.52. The van der Waals surface area contributed by atoms with Crippen LogP contribution in [0.2, 0.25) is 0 Å². The summed E-state index contributed by atoms with van der Waals surface area (Å²) in [6.07, 6.45) is 4.22. The van der Waals surface area contributed by atoms with Crippen molar-refractivity contribution in [3.8, 4) is 0 Å². The Bertz CT molecular complexity index is 238. The highest BCUT2D eigenvalue weighted by atomic mass is 19.3. The molecule has 4 heteroatoms. The molecule has 2 aliphatic rings. The maximum absolute atomic E-state index is 12.3. The molecule has 0 amide bonds. The van der Waals surface area contributed by atoms with E-state index in [9.17, 15) is 8.78 Å². The molecule has 17 heavy (non-hydrogen) atoms. The molecule has 0 saturated heterocycles. The van der Waals surface area contributed by atoms with Crippen LogP contribution < -0.4 is 5.32 Å². The van der Waals surface area contributed by atoms with E-state index < -0.39 is 13.0 Å². The first kappa shape index (κ1) is 13.2. The molecule has 2 nitrogen and oxygen atoms in total. The van der Waals surface area contributed by atoms with E-state index in [1.807, 2.05) is 0 Å². The third kappa shape index (κ3) is 4.18. The molecule has 0 bridgehead atoms. The number of halogens is 2. The quantitative estimate of drug-likeness (QED) is 0.779. The minimum Gasteiger partial charge on any atom is -0.368 e. The number of alkyl halides is 2. The first-order valence-electron chi connectivity index (χ1n) is 6.75. The van der Waals surface area contributed by atoms with E-state index in [4.69, 9.17) is 4.74 Å². The van der Waals surface area contributed by atoms with Gasteiger partial charge in [0.15, 0.2) is 0 Å². The Labute approximate surface area is 102 Å². The van der Waals surface area contributed by atoms with Gasteiger partial charge in [-0.2, -0.15) is 0 Å². The van der Waals surface area contributed by atoms with Crippen molar-refractivity contribution in [2.75, 3.05) is 13.2 Å². The first-order valence-corrected chi connectivity index (χ1v) is 6.75. The Morgan fingerprint density at radius 2 is 2.12 bits per heavy atom. The maximum Gasteiger partial charge on any atom is 0.261 e. The number of ether oxygens (including phenoxy) is 1. The summed E-state index contributed by atoms with van der Waals surface area (Å²) in [5.41, 5.74) is -0.337. The second kappa shape index (κ2) is 5.61. The fraction of sp³-hybridized carbons (Fsp3) is 1.00. The van der Waals surface area contributed by atoms with Crippen LogP contribution in [0.5, 0.6) is 0 Å². The molecule has 0 spiro atoms. The molecule has 0 heterocycles. The molecule has 2 saturated carbocycles. The van der Waals surface area contributed by atoms with Crippen LogP contribution in [0.3, 0.4) is 0 Å². The Morgan fingerprint density at radius 3 is 2.71 bits per heavy atom. The topological polar surface area (TPSA) is 21.3 Å². The average molecular weight is 247 g/mol. The lowest BCUT2D eigenvalue weighted by atomic mass is 9.78. The fourth-order valence-electron chi connectivity index (χ4n) is 2.81. The highest BCUT2D eigenvalue weighted by molar-refractivity contribution is 4.92. The van der Waals surface area contributed by atoms with Crippen molar-refractivity contribution < 1.29 is 13.5 Å². The molecule has 2 unspecified atom stereocenters. The Kier molecular flexibility index (Phi) is 4.36. The van der Waals surface area contributed by atoms with Crippen molar-refractivity contribution in [1.82, 2.24) is 5.32 Å². The second-order valence-corrected chi connectivity index (χ2v) is 5.74. The molecular formula is C13H23F2NO. The standard InChI is InChI=1S/C13H23F2NO/c1-10-3-2-6-13(7-10,17-8-12(14)15)9-16-11-4-5-11/h10-12,16H,2-9H2,1H3. The van der Waals surface area contributed by atoms with E-state index >= 15 is 0 Å². The highest BCUT2D eigenvalue weighted by Crippen LogP contribution is 2.35. The Hall–Kier alpha value is -0.220. The molecule has 100 valence electrons. The Morgan fingerprint density at radius 1 is 1.35 bits per heavy atom. The molecule has 2 fully saturated rings. The average Bonchev–Trinajstić information content (AvgIpc) is 3.08. The molecule has 0 aromatic heterocycles. The van der Waals surface area contributed by atoms with Crippen LogP contribution in [-0.4, -0.2) is 31.2 Å². The van der Waals surface area contributed by atoms with Crippen LogP contribution in [0, 0.1) is 5.92 Å². The van der Waals surface area contributed by atoms with E-state index in [1.54, 1.807) is 0 Å². The van der Waals surface area contributed by atoms with Crippen molar-refractivity contribution in [1.29, 1.82) is 0 Å². The maximum atomic E-state index is 12.3. The number of hydrogen-bond donors (Lipinski definition) is 1. The zero-order chi connectivity index (χ0) is 12.3. The number of nitrogens with one attached hydrogen (secondary N) is 1. The van der Waals surface area contributed by atoms with Crippen molar-refractivity contribution in [2.45, 2.75) is 63.5 Å². The lowest BCUT2D eigenvalue weighted by molar-refractivity contribution is -0.113. The van der Waals surface area contributed by atoms with Crippen LogP contribution in [0.1, 0.15) is 45.4 Å². The van der Waals surface area contributed by atoms with Gasteiger partial charge in [0.05, 0.1) is 5.60 Å². The predicted octanol–water partition coefficient (Wildman–Crippen LogP) is 2.97. The molecule has 0 radical (unpaired) electrons. The van der Waals surface area contributed by atoms with Crippen LogP contribution in [0.4, 0.5) is 8.78 Å². The Balaban J connectivity index is 1.88. The predicted molar refractivity (Wildman–Crippen MR) is 63.3 cm³/mol. The number of hydrogen-bond acceptors (Lipinski definition) is 2. The minimum atomic E-state index is -2.36. The second-order valence-electron chi connectivity index (χ2n) is 5.74. The van der Waals surface area contributed by atoms with Gasteiger partial charge in [0.1, 0.15) is 6.61 Å². The van der Waals surface area contributed by atoms with Crippen molar-refractivity contribution >= 4 is 0 Å². The lowest BCUT2D eigenvalue weighted by Gasteiger charge is -2.40. The first-order chi connectivity index (χ1) is 8.10. The molecule has 1 N–H and O–H groups in total. The van der Waals surface area contributed by atoms with Gasteiger partial charge in [-0.05, 0) is 31.6 Å². The van der Waals surface area contributed by atoms with Gasteiger partial charge in [-0.15, -0.1) is 0 Å². The largest absolute Gasteiger partial charge is 0.368 e. The molecule has 0 aromatic rings. The SMILES string of the molecule is CC1CCCC(CNC2CC2)(OCC(F)F)C1. The molecule has 0 aromatic carbocycles. The third-order valence-corrected chi connectivity index (χ3v) is 3.86. The van der Waals surface area contributed by atoms with Crippen LogP contribution in [0.15, 0.2) is 0 Å². The minimum absolute atomic E-state index is 0.337. The van der Waals surface area contributed by atoms with Crippen LogP contribution >= 0.6 is 0 Å². The zero-order valence-electron chi connectivity index (χ0n) is 10.6. The number of rotatable bonds is 6. The zero-order valence-corrected chi connectivity index (χ0v) is 10.6. The van der Waals surface area contributed by atoms with Gasteiger partial charge >= 0.3 is 0 Å². The highest BCUT2D eigenvalue weighted by Gasteiger charge is 2.37. The van der Waals surface area contributed by atoms with Crippen LogP contribution in [0.25, 0.3) is 0 Å². The van der Waals surface area contributed by atoms with Gasteiger partial charge in [-0.1, -0.05) is 19.8 Å². The van der Waals surface area contributed by atoms with E-state index in [0.717, 1.165) is 25.8 Å². The summed E-state index contributed by atoms with van der Waals surface area (Å²) in [5.74, 6) is 0.586. The fourth-order valence-corrected chi connectivity index (χ4v) is 2.81. The summed E-state index contributed by atoms with van der Waals surface area (Å²) < 4.78 is 30.2. The smallest absolute Gasteiger partial charge is 0.261 e. The monoisotopic (exact) mass is 247 g/mol. The van der Waals surface area contributed by atoms with Crippen molar-refractivity contribution in [3.05, 3.63) is 0 Å². The summed E-state index contributed by atoms with van der Waals surface area (Å²) >= 11 is 0. The van der Waals surface area contributed by atoms with Crippen molar-refractivity contribution in [3.63, 3.8) is 0 Å². The molecule has 2 rings (SSSR count). The normalized spacial score (nSPS) is 34.2. The van der Waals surface area contributed by atoms with E-state index in [0.29, 0.717) is 12.0 Å². The van der Waals surface area contributed by atoms with E-state index in [-0.39, 0.29) is 5.60 Å². The summed E-state index contributed by atoms with van der Waals surface area (Å²) in [7, 11) is 0. The van der Waals surface area contributed by atoms with E-state index in [2.05, 4.69) is 12.2 Å². The molecule has 0 aliphatic heterocycles. The van der Waals surface area contributed by atoms with Crippen LogP contribution in [-0.2, 0) is 4.74 Å². The van der Waals surface area contributed by atoms with Gasteiger partial charge in [-0.3, -0.25) is 0 Å². The van der Waals surface area contributed by atoms with E-state index in [1.165, 1.54) is 19.3 Å².